The van der Waals surface area contributed by atoms with E-state index in [9.17, 15) is 13.2 Å². The monoisotopic (exact) mass is 417 g/mol. The third-order valence-electron chi connectivity index (χ3n) is 4.81. The lowest BCUT2D eigenvalue weighted by atomic mass is 10.1. The lowest BCUT2D eigenvalue weighted by Crippen LogP contribution is -2.48. The van der Waals surface area contributed by atoms with Gasteiger partial charge in [-0.2, -0.15) is 4.31 Å². The molecule has 2 heterocycles. The highest BCUT2D eigenvalue weighted by atomic mass is 35.5. The van der Waals surface area contributed by atoms with E-state index < -0.39 is 10.0 Å². The highest BCUT2D eigenvalue weighted by molar-refractivity contribution is 7.89. The van der Waals surface area contributed by atoms with Crippen molar-refractivity contribution in [2.75, 3.05) is 26.2 Å². The van der Waals surface area contributed by atoms with Crippen molar-refractivity contribution >= 4 is 28.3 Å². The summed E-state index contributed by atoms with van der Waals surface area (Å²) in [7, 11) is -3.58. The first kappa shape index (κ1) is 22.1. The lowest BCUT2D eigenvalue weighted by Gasteiger charge is -2.34. The molecule has 1 aromatic carbocycles. The molecule has 3 rings (SSSR count). The molecule has 7 nitrogen and oxygen atoms in total. The van der Waals surface area contributed by atoms with Crippen LogP contribution in [0.1, 0.15) is 37.0 Å². The molecule has 0 bridgehead atoms. The fraction of sp³-hybridized carbons (Fsp3) is 0.611. The number of halogens is 1. The third-order valence-corrected chi connectivity index (χ3v) is 6.66. The summed E-state index contributed by atoms with van der Waals surface area (Å²) in [6, 6.07) is 6.35. The molecule has 0 radical (unpaired) electrons. The Morgan fingerprint density at radius 3 is 2.22 bits per heavy atom. The molecule has 2 fully saturated rings. The predicted octanol–water partition coefficient (Wildman–Crippen LogP) is 1.39. The van der Waals surface area contributed by atoms with E-state index in [4.69, 9.17) is 4.74 Å². The number of nitrogens with one attached hydrogen (secondary N) is 2. The first-order chi connectivity index (χ1) is 12.4. The molecular formula is C18H28ClN3O4S. The van der Waals surface area contributed by atoms with Gasteiger partial charge in [0.1, 0.15) is 0 Å². The number of sulfonamides is 1. The van der Waals surface area contributed by atoms with Gasteiger partial charge in [0.05, 0.1) is 17.1 Å². The van der Waals surface area contributed by atoms with Crippen molar-refractivity contribution in [1.29, 1.82) is 0 Å². The molecule has 0 saturated carbocycles. The van der Waals surface area contributed by atoms with Crippen LogP contribution < -0.4 is 10.6 Å². The molecule has 2 atom stereocenters. The average molecular weight is 418 g/mol. The number of carbonyl (C=O) groups excluding carboxylic acids is 1. The number of benzene rings is 1. The molecule has 0 aromatic heterocycles. The number of nitrogens with zero attached hydrogens (tertiary/aromatic N) is 1. The maximum Gasteiger partial charge on any atom is 0.251 e. The van der Waals surface area contributed by atoms with E-state index in [2.05, 4.69) is 10.6 Å². The van der Waals surface area contributed by atoms with Gasteiger partial charge in [-0.1, -0.05) is 0 Å². The zero-order valence-electron chi connectivity index (χ0n) is 15.7. The van der Waals surface area contributed by atoms with Crippen LogP contribution >= 0.6 is 12.4 Å². The Kier molecular flexibility index (Phi) is 7.64. The second-order valence-electron chi connectivity index (χ2n) is 7.10. The molecule has 2 N–H and O–H groups in total. The minimum Gasteiger partial charge on any atom is -0.373 e. The van der Waals surface area contributed by atoms with Crippen LogP contribution in [0.3, 0.4) is 0 Å². The van der Waals surface area contributed by atoms with Crippen molar-refractivity contribution in [2.45, 2.75) is 49.8 Å². The van der Waals surface area contributed by atoms with Crippen LogP contribution in [0.2, 0.25) is 0 Å². The number of hydrogen-bond donors (Lipinski definition) is 2. The van der Waals surface area contributed by atoms with Crippen LogP contribution in [-0.2, 0) is 14.8 Å². The van der Waals surface area contributed by atoms with Crippen LogP contribution in [0.4, 0.5) is 0 Å². The number of hydrogen-bond acceptors (Lipinski definition) is 5. The standard InChI is InChI=1S/C18H27N3O4S.ClH/c1-13-11-21(12-14(2)25-13)26(23,24)17-5-3-15(4-6-17)18(22)20-16-7-9-19-10-8-16;/h3-6,13-14,16,19H,7-12H2,1-2H3,(H,20,22);1H. The van der Waals surface area contributed by atoms with Gasteiger partial charge in [-0.15, -0.1) is 12.4 Å². The van der Waals surface area contributed by atoms with Gasteiger partial charge in [-0.3, -0.25) is 4.79 Å². The van der Waals surface area contributed by atoms with E-state index >= 15 is 0 Å². The molecule has 2 aliphatic heterocycles. The topological polar surface area (TPSA) is 87.7 Å². The number of piperidine rings is 1. The lowest BCUT2D eigenvalue weighted by molar-refractivity contribution is -0.0440. The van der Waals surface area contributed by atoms with Crippen molar-refractivity contribution < 1.29 is 17.9 Å². The largest absolute Gasteiger partial charge is 0.373 e. The number of rotatable bonds is 4. The van der Waals surface area contributed by atoms with Gasteiger partial charge in [-0.25, -0.2) is 8.42 Å². The predicted molar refractivity (Wildman–Crippen MR) is 106 cm³/mol. The summed E-state index contributed by atoms with van der Waals surface area (Å²) in [4.78, 5) is 12.6. The Morgan fingerprint density at radius 1 is 1.11 bits per heavy atom. The Bertz CT molecular complexity index is 725. The summed E-state index contributed by atoms with van der Waals surface area (Å²) in [6.45, 7) is 6.21. The molecule has 2 unspecified atom stereocenters. The van der Waals surface area contributed by atoms with Crippen molar-refractivity contribution in [2.24, 2.45) is 0 Å². The Morgan fingerprint density at radius 2 is 1.67 bits per heavy atom. The van der Waals surface area contributed by atoms with E-state index in [1.165, 1.54) is 16.4 Å². The van der Waals surface area contributed by atoms with E-state index in [1.807, 2.05) is 13.8 Å². The van der Waals surface area contributed by atoms with Crippen molar-refractivity contribution in [1.82, 2.24) is 14.9 Å². The van der Waals surface area contributed by atoms with Crippen molar-refractivity contribution in [3.8, 4) is 0 Å². The number of amides is 1. The average Bonchev–Trinajstić information content (AvgIpc) is 2.62. The van der Waals surface area contributed by atoms with Crippen LogP contribution in [-0.4, -0.2) is 63.1 Å². The molecule has 0 aliphatic carbocycles. The molecule has 27 heavy (non-hydrogen) atoms. The molecular weight excluding hydrogens is 390 g/mol. The van der Waals surface area contributed by atoms with Crippen LogP contribution in [0.15, 0.2) is 29.2 Å². The summed E-state index contributed by atoms with van der Waals surface area (Å²) in [5.41, 5.74) is 0.478. The Hall–Kier alpha value is -1.19. The smallest absolute Gasteiger partial charge is 0.251 e. The normalized spacial score (nSPS) is 24.8. The van der Waals surface area contributed by atoms with Gasteiger partial charge in [0.2, 0.25) is 10.0 Å². The fourth-order valence-electron chi connectivity index (χ4n) is 3.49. The van der Waals surface area contributed by atoms with Gasteiger partial charge in [-0.05, 0) is 64.0 Å². The number of carbonyl (C=O) groups is 1. The van der Waals surface area contributed by atoms with E-state index in [-0.39, 0.29) is 41.5 Å². The highest BCUT2D eigenvalue weighted by Crippen LogP contribution is 2.21. The molecule has 9 heteroatoms. The van der Waals surface area contributed by atoms with Gasteiger partial charge >= 0.3 is 0 Å². The van der Waals surface area contributed by atoms with Crippen molar-refractivity contribution in [3.63, 3.8) is 0 Å². The quantitative estimate of drug-likeness (QED) is 0.772. The SMILES string of the molecule is CC1CN(S(=O)(=O)c2ccc(C(=O)NC3CCNCC3)cc2)CC(C)O1.Cl. The molecule has 152 valence electrons. The first-order valence-electron chi connectivity index (χ1n) is 9.13. The minimum absolute atomic E-state index is 0. The summed E-state index contributed by atoms with van der Waals surface area (Å²) in [5, 5.41) is 6.27. The molecule has 1 amide bonds. The maximum atomic E-state index is 12.8. The second-order valence-corrected chi connectivity index (χ2v) is 9.04. The summed E-state index contributed by atoms with van der Waals surface area (Å²) in [5.74, 6) is -0.158. The van der Waals surface area contributed by atoms with Crippen LogP contribution in [0, 0.1) is 0 Å². The zero-order valence-corrected chi connectivity index (χ0v) is 17.3. The zero-order chi connectivity index (χ0) is 18.7. The van der Waals surface area contributed by atoms with Crippen LogP contribution in [0.25, 0.3) is 0 Å². The van der Waals surface area contributed by atoms with E-state index in [0.717, 1.165) is 25.9 Å². The summed E-state index contributed by atoms with van der Waals surface area (Å²) in [6.07, 6.45) is 1.55. The Balaban J connectivity index is 0.00000261. The molecule has 2 saturated heterocycles. The summed E-state index contributed by atoms with van der Waals surface area (Å²) < 4.78 is 32.7. The molecule has 2 aliphatic rings. The summed E-state index contributed by atoms with van der Waals surface area (Å²) >= 11 is 0. The van der Waals surface area contributed by atoms with Gasteiger partial charge in [0, 0.05) is 24.7 Å². The van der Waals surface area contributed by atoms with Gasteiger partial charge < -0.3 is 15.4 Å². The maximum absolute atomic E-state index is 12.8. The molecule has 1 aromatic rings. The van der Waals surface area contributed by atoms with Crippen molar-refractivity contribution in [3.05, 3.63) is 29.8 Å². The Labute approximate surface area is 167 Å². The number of ether oxygens (including phenoxy) is 1. The van der Waals surface area contributed by atoms with Gasteiger partial charge in [0.25, 0.3) is 5.91 Å². The van der Waals surface area contributed by atoms with E-state index in [0.29, 0.717) is 18.7 Å². The fourth-order valence-corrected chi connectivity index (χ4v) is 5.08. The third kappa shape index (κ3) is 5.42. The minimum atomic E-state index is -3.58. The highest BCUT2D eigenvalue weighted by Gasteiger charge is 2.32. The second kappa shape index (κ2) is 9.34. The van der Waals surface area contributed by atoms with E-state index in [1.54, 1.807) is 12.1 Å². The first-order valence-corrected chi connectivity index (χ1v) is 10.6. The van der Waals surface area contributed by atoms with Gasteiger partial charge in [0.15, 0.2) is 0 Å². The molecule has 0 spiro atoms. The number of morpholine rings is 1. The van der Waals surface area contributed by atoms with Crippen LogP contribution in [0.5, 0.6) is 0 Å².